The first-order chi connectivity index (χ1) is 12.7. The molecule has 5 aromatic rings. The van der Waals surface area contributed by atoms with Crippen LogP contribution in [0, 0.1) is 19.2 Å². The molecule has 5 rings (SSSR count). The van der Waals surface area contributed by atoms with Gasteiger partial charge in [0.1, 0.15) is 12.6 Å². The van der Waals surface area contributed by atoms with Crippen molar-refractivity contribution in [1.29, 1.82) is 0 Å². The Morgan fingerprint density at radius 2 is 1.93 bits per heavy atom. The number of aryl methyl sites for hydroxylation is 2. The second-order valence-electron chi connectivity index (χ2n) is 6.32. The van der Waals surface area contributed by atoms with Crippen molar-refractivity contribution in [3.63, 3.8) is 0 Å². The molecule has 0 atom stereocenters. The minimum Gasteiger partial charge on any atom is -0.371 e. The van der Waals surface area contributed by atoms with E-state index in [1.807, 2.05) is 54.5 Å². The van der Waals surface area contributed by atoms with E-state index >= 15 is 0 Å². The van der Waals surface area contributed by atoms with E-state index in [1.54, 1.807) is 6.20 Å². The number of benzene rings is 2. The van der Waals surface area contributed by atoms with Crippen molar-refractivity contribution in [2.45, 2.75) is 6.92 Å². The average molecular weight is 427 g/mol. The van der Waals surface area contributed by atoms with Crippen LogP contribution in [0.3, 0.4) is 0 Å². The topological polar surface area (TPSA) is 39.0 Å². The second kappa shape index (κ2) is 6.98. The van der Waals surface area contributed by atoms with E-state index in [1.165, 1.54) is 0 Å². The Kier molecular flexibility index (Phi) is 4.66. The van der Waals surface area contributed by atoms with Crippen molar-refractivity contribution in [3.05, 3.63) is 78.9 Å². The molecule has 3 aromatic heterocycles. The van der Waals surface area contributed by atoms with Crippen LogP contribution in [0.4, 0.5) is 0 Å². The maximum absolute atomic E-state index is 4.85. The summed E-state index contributed by atoms with van der Waals surface area (Å²) in [6.45, 7) is 2.10. The predicted octanol–water partition coefficient (Wildman–Crippen LogP) is 3.07. The molecule has 0 unspecified atom stereocenters. The van der Waals surface area contributed by atoms with Crippen LogP contribution in [-0.2, 0) is 39.8 Å². The quantitative estimate of drug-likeness (QED) is 0.321. The Hall–Kier alpha value is -2.37. The minimum atomic E-state index is 0. The van der Waals surface area contributed by atoms with Gasteiger partial charge in [0, 0.05) is 32.7 Å². The molecule has 0 saturated heterocycles. The molecular weight excluding hydrogens is 411 g/mol. The molecular formula is C21H16N5Y-. The van der Waals surface area contributed by atoms with Gasteiger partial charge in [-0.3, -0.25) is 0 Å². The Labute approximate surface area is 182 Å². The molecule has 1 radical (unpaired) electrons. The molecule has 5 nitrogen and oxygen atoms in total. The third-order valence-corrected chi connectivity index (χ3v) is 4.63. The van der Waals surface area contributed by atoms with E-state index in [9.17, 15) is 0 Å². The molecule has 0 amide bonds. The van der Waals surface area contributed by atoms with Gasteiger partial charge in [0.2, 0.25) is 0 Å². The normalized spacial score (nSPS) is 11.0. The zero-order valence-corrected chi connectivity index (χ0v) is 17.9. The van der Waals surface area contributed by atoms with Crippen molar-refractivity contribution in [2.24, 2.45) is 7.05 Å². The number of hydrogen-bond acceptors (Lipinski definition) is 2. The summed E-state index contributed by atoms with van der Waals surface area (Å²) in [5, 5.41) is 0. The van der Waals surface area contributed by atoms with E-state index in [4.69, 9.17) is 4.98 Å². The van der Waals surface area contributed by atoms with Crippen molar-refractivity contribution in [2.75, 3.05) is 0 Å². The van der Waals surface area contributed by atoms with Gasteiger partial charge in [-0.25, -0.2) is 5.56 Å². The molecule has 3 heterocycles. The molecule has 0 aliphatic rings. The Bertz CT molecular complexity index is 1250. The molecule has 129 valence electrons. The van der Waals surface area contributed by atoms with E-state index in [-0.39, 0.29) is 32.7 Å². The summed E-state index contributed by atoms with van der Waals surface area (Å²) >= 11 is 0. The van der Waals surface area contributed by atoms with Gasteiger partial charge in [-0.1, -0.05) is 31.5 Å². The number of imidazole rings is 1. The van der Waals surface area contributed by atoms with Crippen molar-refractivity contribution in [3.8, 4) is 16.8 Å². The van der Waals surface area contributed by atoms with Gasteiger partial charge in [0.25, 0.3) is 6.33 Å². The van der Waals surface area contributed by atoms with Crippen LogP contribution in [0.25, 0.3) is 33.6 Å². The first-order valence-electron chi connectivity index (χ1n) is 8.43. The van der Waals surface area contributed by atoms with Gasteiger partial charge < -0.3 is 4.98 Å². The number of hydrogen-bond donors (Lipinski definition) is 0. The Balaban J connectivity index is 0.00000180. The fourth-order valence-corrected chi connectivity index (χ4v) is 3.45. The number of pyridine rings is 1. The smallest absolute Gasteiger partial charge is 0.334 e. The molecule has 2 aromatic carbocycles. The summed E-state index contributed by atoms with van der Waals surface area (Å²) in [5.41, 5.74) is 6.10. The third kappa shape index (κ3) is 2.82. The average Bonchev–Trinajstić information content (AvgIpc) is 3.17. The number of nitrogens with zero attached hydrogens (tertiary/aromatic N) is 5. The molecule has 0 fully saturated rings. The van der Waals surface area contributed by atoms with Crippen LogP contribution >= 0.6 is 0 Å². The maximum atomic E-state index is 4.85. The van der Waals surface area contributed by atoms with Gasteiger partial charge in [0.15, 0.2) is 5.52 Å². The van der Waals surface area contributed by atoms with Gasteiger partial charge in [-0.05, 0) is 17.8 Å². The van der Waals surface area contributed by atoms with Crippen LogP contribution < -0.4 is 4.68 Å². The largest absolute Gasteiger partial charge is 0.371 e. The molecule has 0 N–H and O–H groups in total. The van der Waals surface area contributed by atoms with Crippen molar-refractivity contribution >= 4 is 16.8 Å². The van der Waals surface area contributed by atoms with Gasteiger partial charge >= 0.3 is 5.78 Å². The standard InChI is InChI=1S/C21H16N5.Y/c1-15-7-5-9-17(16-8-6-12-22-13-16)20(15)26-21-23-18-10-3-4-11-19(18)25(21)14-24(26)2;/h3-8,10-12,14H,1-2H3;/q-1;. The van der Waals surface area contributed by atoms with E-state index in [2.05, 4.69) is 45.4 Å². The van der Waals surface area contributed by atoms with Crippen LogP contribution in [0.5, 0.6) is 0 Å². The number of fused-ring (bicyclic) bond motifs is 3. The number of rotatable bonds is 2. The fraction of sp³-hybridized carbons (Fsp3) is 0.0952. The monoisotopic (exact) mass is 427 g/mol. The van der Waals surface area contributed by atoms with Crippen LogP contribution in [0.1, 0.15) is 5.56 Å². The fourth-order valence-electron chi connectivity index (χ4n) is 3.45. The summed E-state index contributed by atoms with van der Waals surface area (Å²) in [6, 6.07) is 19.5. The SMILES string of the molecule is Cc1cc[c-]c(-c2[c-]nccc2)c1-n1c2nc3ccccc3n2c[n+]1C.[Y]. The summed E-state index contributed by atoms with van der Waals surface area (Å²) in [5.74, 6) is 0.863. The van der Waals surface area contributed by atoms with Crippen LogP contribution in [-0.4, -0.2) is 19.1 Å². The maximum Gasteiger partial charge on any atom is 0.334 e. The molecule has 0 saturated carbocycles. The zero-order valence-electron chi connectivity index (χ0n) is 15.1. The molecule has 0 aliphatic carbocycles. The minimum absolute atomic E-state index is 0. The van der Waals surface area contributed by atoms with Gasteiger partial charge in [-0.15, -0.1) is 17.7 Å². The number of para-hydroxylation sites is 2. The zero-order chi connectivity index (χ0) is 17.7. The van der Waals surface area contributed by atoms with Crippen LogP contribution in [0.2, 0.25) is 0 Å². The molecule has 27 heavy (non-hydrogen) atoms. The predicted molar refractivity (Wildman–Crippen MR) is 98.8 cm³/mol. The summed E-state index contributed by atoms with van der Waals surface area (Å²) in [7, 11) is 2.02. The summed E-state index contributed by atoms with van der Waals surface area (Å²) in [6.07, 6.45) is 6.86. The molecule has 0 bridgehead atoms. The summed E-state index contributed by atoms with van der Waals surface area (Å²) in [4.78, 5) is 9.00. The number of aromatic nitrogens is 5. The Morgan fingerprint density at radius 3 is 2.74 bits per heavy atom. The summed E-state index contributed by atoms with van der Waals surface area (Å²) < 4.78 is 6.27. The van der Waals surface area contributed by atoms with E-state index in [0.717, 1.165) is 39.2 Å². The van der Waals surface area contributed by atoms with Gasteiger partial charge in [-0.2, -0.15) is 42.5 Å². The van der Waals surface area contributed by atoms with Crippen molar-refractivity contribution < 1.29 is 37.4 Å². The molecule has 6 heteroatoms. The Morgan fingerprint density at radius 1 is 1.07 bits per heavy atom. The second-order valence-corrected chi connectivity index (χ2v) is 6.32. The first kappa shape index (κ1) is 18.0. The van der Waals surface area contributed by atoms with Gasteiger partial charge in [0.05, 0.1) is 0 Å². The van der Waals surface area contributed by atoms with E-state index in [0.29, 0.717) is 0 Å². The molecule has 0 spiro atoms. The van der Waals surface area contributed by atoms with Crippen molar-refractivity contribution in [1.82, 2.24) is 19.1 Å². The van der Waals surface area contributed by atoms with E-state index < -0.39 is 0 Å². The van der Waals surface area contributed by atoms with Crippen LogP contribution in [0.15, 0.2) is 61.1 Å². The molecule has 0 aliphatic heterocycles. The first-order valence-corrected chi connectivity index (χ1v) is 8.43. The third-order valence-electron chi connectivity index (χ3n) is 4.63.